The number of nitrogens with one attached hydrogen (secondary N) is 1. The van der Waals surface area contributed by atoms with Crippen molar-refractivity contribution in [2.24, 2.45) is 5.92 Å². The Morgan fingerprint density at radius 2 is 2.08 bits per heavy atom. The van der Waals surface area contributed by atoms with Crippen LogP contribution in [0.4, 0.5) is 5.13 Å². The molecular formula is C15H17ClN4O3S3. The lowest BCUT2D eigenvalue weighted by atomic mass is 9.99. The summed E-state index contributed by atoms with van der Waals surface area (Å²) in [6.45, 7) is 0.537. The highest BCUT2D eigenvalue weighted by Gasteiger charge is 2.33. The highest BCUT2D eigenvalue weighted by molar-refractivity contribution is 8.00. The standard InChI is InChI=1S/C15H17ClN4O3S3/c1-24-15-19-18-14(25-15)17-13(21)10-3-2-8-20(9-10)26(22,23)12-6-4-11(16)5-7-12/h4-7,10H,2-3,8-9H2,1H3,(H,17,18,21)/t10-/m1/s1. The first-order chi connectivity index (χ1) is 12.4. The van der Waals surface area contributed by atoms with E-state index in [4.69, 9.17) is 11.6 Å². The lowest BCUT2D eigenvalue weighted by molar-refractivity contribution is -0.120. The zero-order valence-corrected chi connectivity index (χ0v) is 17.1. The summed E-state index contributed by atoms with van der Waals surface area (Å²) in [6, 6.07) is 6.04. The maximum atomic E-state index is 12.8. The van der Waals surface area contributed by atoms with Gasteiger partial charge in [-0.3, -0.25) is 4.79 Å². The van der Waals surface area contributed by atoms with Gasteiger partial charge in [0.05, 0.1) is 10.8 Å². The van der Waals surface area contributed by atoms with Crippen LogP contribution in [0.25, 0.3) is 0 Å². The van der Waals surface area contributed by atoms with Crippen molar-refractivity contribution < 1.29 is 13.2 Å². The van der Waals surface area contributed by atoms with Crippen LogP contribution < -0.4 is 5.32 Å². The zero-order chi connectivity index (χ0) is 18.7. The predicted octanol–water partition coefficient (Wildman–Crippen LogP) is 2.95. The van der Waals surface area contributed by atoms with Gasteiger partial charge in [-0.2, -0.15) is 4.31 Å². The summed E-state index contributed by atoms with van der Waals surface area (Å²) in [7, 11) is -3.65. The third-order valence-corrected chi connectivity index (χ3v) is 7.96. The molecule has 1 saturated heterocycles. The Labute approximate surface area is 165 Å². The number of hydrogen-bond acceptors (Lipinski definition) is 7. The molecular weight excluding hydrogens is 416 g/mol. The van der Waals surface area contributed by atoms with Crippen LogP contribution in [0.15, 0.2) is 33.5 Å². The van der Waals surface area contributed by atoms with Crippen LogP contribution in [0, 0.1) is 5.92 Å². The first-order valence-electron chi connectivity index (χ1n) is 7.84. The number of rotatable bonds is 5. The van der Waals surface area contributed by atoms with Crippen molar-refractivity contribution in [2.45, 2.75) is 22.1 Å². The third-order valence-electron chi connectivity index (χ3n) is 4.02. The molecule has 0 saturated carbocycles. The molecule has 7 nitrogen and oxygen atoms in total. The van der Waals surface area contributed by atoms with E-state index in [9.17, 15) is 13.2 Å². The summed E-state index contributed by atoms with van der Waals surface area (Å²) in [6.07, 6.45) is 3.14. The van der Waals surface area contributed by atoms with Crippen molar-refractivity contribution in [3.8, 4) is 0 Å². The Morgan fingerprint density at radius 1 is 1.35 bits per heavy atom. The van der Waals surface area contributed by atoms with Gasteiger partial charge in [0.15, 0.2) is 4.34 Å². The Hall–Kier alpha value is -1.20. The van der Waals surface area contributed by atoms with Gasteiger partial charge >= 0.3 is 0 Å². The van der Waals surface area contributed by atoms with Gasteiger partial charge in [0.25, 0.3) is 0 Å². The SMILES string of the molecule is CSc1nnc(NC(=O)[C@@H]2CCCN(S(=O)(=O)c3ccc(Cl)cc3)C2)s1. The molecule has 1 aromatic heterocycles. The Morgan fingerprint density at radius 3 is 2.73 bits per heavy atom. The smallest absolute Gasteiger partial charge is 0.243 e. The first-order valence-corrected chi connectivity index (χ1v) is 11.7. The predicted molar refractivity (Wildman–Crippen MR) is 103 cm³/mol. The number of nitrogens with zero attached hydrogens (tertiary/aromatic N) is 3. The average molecular weight is 433 g/mol. The van der Waals surface area contributed by atoms with Crippen molar-refractivity contribution in [2.75, 3.05) is 24.7 Å². The van der Waals surface area contributed by atoms with Gasteiger partial charge in [-0.1, -0.05) is 34.7 Å². The second kappa shape index (κ2) is 8.22. The van der Waals surface area contributed by atoms with Gasteiger partial charge in [-0.05, 0) is 43.4 Å². The Bertz CT molecular complexity index is 886. The lowest BCUT2D eigenvalue weighted by Gasteiger charge is -2.31. The molecule has 0 bridgehead atoms. The molecule has 0 aliphatic carbocycles. The highest BCUT2D eigenvalue weighted by Crippen LogP contribution is 2.27. The number of piperidine rings is 1. The Kier molecular flexibility index (Phi) is 6.18. The normalized spacial score (nSPS) is 18.6. The van der Waals surface area contributed by atoms with Crippen LogP contribution in [0.1, 0.15) is 12.8 Å². The molecule has 11 heteroatoms. The van der Waals surface area contributed by atoms with Crippen LogP contribution in [0.5, 0.6) is 0 Å². The van der Waals surface area contributed by atoms with Crippen LogP contribution in [0.3, 0.4) is 0 Å². The molecule has 1 aromatic carbocycles. The molecule has 1 amide bonds. The lowest BCUT2D eigenvalue weighted by Crippen LogP contribution is -2.43. The minimum Gasteiger partial charge on any atom is -0.300 e. The number of halogens is 1. The van der Waals surface area contributed by atoms with Gasteiger partial charge in [0.2, 0.25) is 21.1 Å². The molecule has 2 heterocycles. The van der Waals surface area contributed by atoms with Crippen molar-refractivity contribution in [3.05, 3.63) is 29.3 Å². The number of carbonyl (C=O) groups excluding carboxylic acids is 1. The van der Waals surface area contributed by atoms with E-state index in [2.05, 4.69) is 15.5 Å². The molecule has 140 valence electrons. The number of benzene rings is 1. The number of anilines is 1. The Balaban J connectivity index is 1.70. The summed E-state index contributed by atoms with van der Waals surface area (Å²) in [4.78, 5) is 12.7. The summed E-state index contributed by atoms with van der Waals surface area (Å²) in [5.41, 5.74) is 0. The van der Waals surface area contributed by atoms with Crippen LogP contribution >= 0.6 is 34.7 Å². The highest BCUT2D eigenvalue weighted by atomic mass is 35.5. The van der Waals surface area contributed by atoms with E-state index in [0.29, 0.717) is 29.5 Å². The van der Waals surface area contributed by atoms with Gasteiger partial charge in [-0.25, -0.2) is 8.42 Å². The molecule has 1 aliphatic rings. The molecule has 1 atom stereocenters. The van der Waals surface area contributed by atoms with Crippen molar-refractivity contribution >= 4 is 55.8 Å². The molecule has 26 heavy (non-hydrogen) atoms. The van der Waals surface area contributed by atoms with Gasteiger partial charge in [-0.15, -0.1) is 10.2 Å². The third kappa shape index (κ3) is 4.37. The van der Waals surface area contributed by atoms with Crippen molar-refractivity contribution in [1.29, 1.82) is 0 Å². The summed E-state index contributed by atoms with van der Waals surface area (Å²) < 4.78 is 27.7. The summed E-state index contributed by atoms with van der Waals surface area (Å²) in [5.74, 6) is -0.655. The minimum absolute atomic E-state index is 0.144. The van der Waals surface area contributed by atoms with Gasteiger partial charge in [0.1, 0.15) is 0 Å². The van der Waals surface area contributed by atoms with Crippen LogP contribution in [0.2, 0.25) is 5.02 Å². The van der Waals surface area contributed by atoms with E-state index < -0.39 is 15.9 Å². The fraction of sp³-hybridized carbons (Fsp3) is 0.400. The number of aromatic nitrogens is 2. The number of thioether (sulfide) groups is 1. The molecule has 0 unspecified atom stereocenters. The van der Waals surface area contributed by atoms with Crippen molar-refractivity contribution in [1.82, 2.24) is 14.5 Å². The van der Waals surface area contributed by atoms with E-state index in [1.807, 2.05) is 6.26 Å². The summed E-state index contributed by atoms with van der Waals surface area (Å²) >= 11 is 8.57. The zero-order valence-electron chi connectivity index (χ0n) is 13.9. The van der Waals surface area contributed by atoms with E-state index >= 15 is 0 Å². The summed E-state index contributed by atoms with van der Waals surface area (Å²) in [5, 5.41) is 11.5. The monoisotopic (exact) mass is 432 g/mol. The van der Waals surface area contributed by atoms with E-state index in [1.165, 1.54) is 39.5 Å². The number of amides is 1. The minimum atomic E-state index is -3.65. The number of hydrogen-bond donors (Lipinski definition) is 1. The average Bonchev–Trinajstić information content (AvgIpc) is 3.10. The van der Waals surface area contributed by atoms with E-state index in [-0.39, 0.29) is 17.3 Å². The molecule has 0 spiro atoms. The molecule has 1 fully saturated rings. The molecule has 2 aromatic rings. The maximum absolute atomic E-state index is 12.8. The van der Waals surface area contributed by atoms with Gasteiger partial charge in [0, 0.05) is 18.1 Å². The van der Waals surface area contributed by atoms with E-state index in [0.717, 1.165) is 4.34 Å². The quantitative estimate of drug-likeness (QED) is 0.576. The fourth-order valence-corrected chi connectivity index (χ4v) is 5.50. The van der Waals surface area contributed by atoms with E-state index in [1.54, 1.807) is 12.1 Å². The molecule has 0 radical (unpaired) electrons. The van der Waals surface area contributed by atoms with Crippen LogP contribution in [-0.2, 0) is 14.8 Å². The molecule has 1 N–H and O–H groups in total. The first kappa shape index (κ1) is 19.6. The largest absolute Gasteiger partial charge is 0.300 e. The molecule has 1 aliphatic heterocycles. The number of carbonyl (C=O) groups is 1. The molecule has 3 rings (SSSR count). The second-order valence-corrected chi connectivity index (χ2v) is 10.1. The van der Waals surface area contributed by atoms with Crippen LogP contribution in [-0.4, -0.2) is 48.2 Å². The maximum Gasteiger partial charge on any atom is 0.243 e. The number of sulfonamides is 1. The fourth-order valence-electron chi connectivity index (χ4n) is 2.68. The topological polar surface area (TPSA) is 92.3 Å². The van der Waals surface area contributed by atoms with Crippen molar-refractivity contribution in [3.63, 3.8) is 0 Å². The second-order valence-electron chi connectivity index (χ2n) is 5.72. The van der Waals surface area contributed by atoms with Gasteiger partial charge < -0.3 is 5.32 Å².